The van der Waals surface area contributed by atoms with Gasteiger partial charge in [-0.25, -0.2) is 0 Å². The molecule has 0 spiro atoms. The summed E-state index contributed by atoms with van der Waals surface area (Å²) in [5.41, 5.74) is 1.27. The Labute approximate surface area is 149 Å². The standard InChI is InChI=1S/C19H27ClN2O2/c20-17-6-3-15(4-7-17)13-21-12-9-18(22-10-1-2-11-22)16(14-21)5-8-19(23)24/h3-4,6-7,16,18H,1-2,5,8-14H2,(H,23,24)/t16-,18+/m0/s1. The number of piperidine rings is 1. The summed E-state index contributed by atoms with van der Waals surface area (Å²) in [7, 11) is 0. The molecule has 0 saturated carbocycles. The van der Waals surface area contributed by atoms with Crippen molar-refractivity contribution in [2.24, 2.45) is 5.92 Å². The van der Waals surface area contributed by atoms with Crippen molar-refractivity contribution in [3.05, 3.63) is 34.9 Å². The number of halogens is 1. The molecule has 0 unspecified atom stereocenters. The van der Waals surface area contributed by atoms with Crippen LogP contribution in [0.5, 0.6) is 0 Å². The summed E-state index contributed by atoms with van der Waals surface area (Å²) in [6.07, 6.45) is 4.79. The molecule has 132 valence electrons. The molecule has 2 saturated heterocycles. The lowest BCUT2D eigenvalue weighted by molar-refractivity contribution is -0.137. The summed E-state index contributed by atoms with van der Waals surface area (Å²) in [5.74, 6) is -0.217. The molecule has 2 atom stereocenters. The second-order valence-corrected chi connectivity index (χ2v) is 7.59. The molecule has 3 rings (SSSR count). The second-order valence-electron chi connectivity index (χ2n) is 7.15. The number of nitrogens with zero attached hydrogens (tertiary/aromatic N) is 2. The normalized spacial score (nSPS) is 25.9. The Morgan fingerprint density at radius 3 is 2.54 bits per heavy atom. The maximum atomic E-state index is 11.0. The zero-order valence-corrected chi connectivity index (χ0v) is 14.9. The fourth-order valence-electron chi connectivity index (χ4n) is 4.23. The van der Waals surface area contributed by atoms with Gasteiger partial charge in [0.05, 0.1) is 0 Å². The van der Waals surface area contributed by atoms with E-state index >= 15 is 0 Å². The van der Waals surface area contributed by atoms with E-state index in [1.165, 1.54) is 31.5 Å². The van der Waals surface area contributed by atoms with E-state index in [0.717, 1.165) is 37.5 Å². The van der Waals surface area contributed by atoms with Crippen molar-refractivity contribution in [2.45, 2.75) is 44.7 Å². The van der Waals surface area contributed by atoms with Gasteiger partial charge in [0.25, 0.3) is 0 Å². The maximum Gasteiger partial charge on any atom is 0.303 e. The van der Waals surface area contributed by atoms with Crippen LogP contribution >= 0.6 is 11.6 Å². The summed E-state index contributed by atoms with van der Waals surface area (Å²) >= 11 is 5.97. The van der Waals surface area contributed by atoms with E-state index in [-0.39, 0.29) is 6.42 Å². The number of hydrogen-bond donors (Lipinski definition) is 1. The van der Waals surface area contributed by atoms with Crippen molar-refractivity contribution in [3.63, 3.8) is 0 Å². The highest BCUT2D eigenvalue weighted by molar-refractivity contribution is 6.30. The number of carboxylic acids is 1. The number of carbonyl (C=O) groups is 1. The van der Waals surface area contributed by atoms with Crippen molar-refractivity contribution < 1.29 is 9.90 Å². The summed E-state index contributed by atoms with van der Waals surface area (Å²) < 4.78 is 0. The Kier molecular flexibility index (Phi) is 6.14. The first kappa shape index (κ1) is 17.7. The summed E-state index contributed by atoms with van der Waals surface area (Å²) in [6, 6.07) is 8.61. The highest BCUT2D eigenvalue weighted by Gasteiger charge is 2.34. The fourth-order valence-corrected chi connectivity index (χ4v) is 4.36. The first-order valence-electron chi connectivity index (χ1n) is 9.04. The molecular weight excluding hydrogens is 324 g/mol. The van der Waals surface area contributed by atoms with E-state index in [1.807, 2.05) is 12.1 Å². The molecule has 0 amide bonds. The topological polar surface area (TPSA) is 43.8 Å². The minimum Gasteiger partial charge on any atom is -0.481 e. The van der Waals surface area contributed by atoms with Gasteiger partial charge >= 0.3 is 5.97 Å². The molecular formula is C19H27ClN2O2. The Balaban J connectivity index is 1.62. The number of aliphatic carboxylic acids is 1. The molecule has 0 bridgehead atoms. The smallest absolute Gasteiger partial charge is 0.303 e. The Hall–Kier alpha value is -1.10. The SMILES string of the molecule is O=C(O)CC[C@H]1CN(Cc2ccc(Cl)cc2)CC[C@H]1N1CCCC1. The van der Waals surface area contributed by atoms with Gasteiger partial charge in [-0.2, -0.15) is 0 Å². The molecule has 2 fully saturated rings. The Bertz CT molecular complexity index is 543. The van der Waals surface area contributed by atoms with Crippen LogP contribution in [0.15, 0.2) is 24.3 Å². The lowest BCUT2D eigenvalue weighted by Gasteiger charge is -2.43. The van der Waals surface area contributed by atoms with E-state index in [1.54, 1.807) is 0 Å². The third kappa shape index (κ3) is 4.71. The molecule has 2 aliphatic rings. The predicted octanol–water partition coefficient (Wildman–Crippen LogP) is 3.49. The number of rotatable bonds is 6. The molecule has 2 heterocycles. The summed E-state index contributed by atoms with van der Waals surface area (Å²) in [4.78, 5) is 16.1. The lowest BCUT2D eigenvalue weighted by Crippen LogP contribution is -2.50. The molecule has 0 aliphatic carbocycles. The average Bonchev–Trinajstić information content (AvgIpc) is 3.09. The first-order valence-corrected chi connectivity index (χ1v) is 9.42. The number of carboxylic acid groups (broad SMARTS) is 1. The van der Waals surface area contributed by atoms with Gasteiger partial charge in [-0.3, -0.25) is 9.69 Å². The molecule has 1 N–H and O–H groups in total. The monoisotopic (exact) mass is 350 g/mol. The Morgan fingerprint density at radius 2 is 1.88 bits per heavy atom. The average molecular weight is 351 g/mol. The molecule has 1 aromatic carbocycles. The lowest BCUT2D eigenvalue weighted by atomic mass is 9.87. The summed E-state index contributed by atoms with van der Waals surface area (Å²) in [5, 5.41) is 9.85. The molecule has 0 aromatic heterocycles. The third-order valence-electron chi connectivity index (χ3n) is 5.44. The highest BCUT2D eigenvalue weighted by Crippen LogP contribution is 2.29. The van der Waals surface area contributed by atoms with E-state index in [2.05, 4.69) is 21.9 Å². The van der Waals surface area contributed by atoms with E-state index in [0.29, 0.717) is 12.0 Å². The van der Waals surface area contributed by atoms with Gasteiger partial charge in [0.1, 0.15) is 0 Å². The highest BCUT2D eigenvalue weighted by atomic mass is 35.5. The molecule has 1 aromatic rings. The van der Waals surface area contributed by atoms with Gasteiger partial charge < -0.3 is 10.0 Å². The van der Waals surface area contributed by atoms with Crippen molar-refractivity contribution in [3.8, 4) is 0 Å². The number of benzene rings is 1. The van der Waals surface area contributed by atoms with Crippen molar-refractivity contribution in [2.75, 3.05) is 26.2 Å². The zero-order chi connectivity index (χ0) is 16.9. The van der Waals surface area contributed by atoms with Crippen LogP contribution in [-0.4, -0.2) is 53.1 Å². The molecule has 0 radical (unpaired) electrons. The van der Waals surface area contributed by atoms with Gasteiger partial charge in [0.15, 0.2) is 0 Å². The zero-order valence-electron chi connectivity index (χ0n) is 14.2. The first-order chi connectivity index (χ1) is 11.6. The van der Waals surface area contributed by atoms with Crippen LogP contribution in [0.25, 0.3) is 0 Å². The van der Waals surface area contributed by atoms with Crippen LogP contribution in [0.4, 0.5) is 0 Å². The van der Waals surface area contributed by atoms with Crippen LogP contribution in [0, 0.1) is 5.92 Å². The van der Waals surface area contributed by atoms with Crippen LogP contribution in [-0.2, 0) is 11.3 Å². The van der Waals surface area contributed by atoms with Crippen molar-refractivity contribution in [1.82, 2.24) is 9.80 Å². The minimum atomic E-state index is -0.676. The van der Waals surface area contributed by atoms with Gasteiger partial charge in [0.2, 0.25) is 0 Å². The van der Waals surface area contributed by atoms with E-state index in [4.69, 9.17) is 16.7 Å². The largest absolute Gasteiger partial charge is 0.481 e. The molecule has 4 nitrogen and oxygen atoms in total. The fraction of sp³-hybridized carbons (Fsp3) is 0.632. The van der Waals surface area contributed by atoms with Crippen LogP contribution in [0.2, 0.25) is 5.02 Å². The van der Waals surface area contributed by atoms with Gasteiger partial charge in [-0.05, 0) is 68.9 Å². The Morgan fingerprint density at radius 1 is 1.17 bits per heavy atom. The van der Waals surface area contributed by atoms with Gasteiger partial charge in [-0.1, -0.05) is 23.7 Å². The molecule has 5 heteroatoms. The maximum absolute atomic E-state index is 11.0. The third-order valence-corrected chi connectivity index (χ3v) is 5.69. The number of likely N-dealkylation sites (tertiary alicyclic amines) is 2. The second kappa shape index (κ2) is 8.32. The van der Waals surface area contributed by atoms with E-state index < -0.39 is 5.97 Å². The van der Waals surface area contributed by atoms with Gasteiger partial charge in [-0.15, -0.1) is 0 Å². The summed E-state index contributed by atoms with van der Waals surface area (Å²) in [6.45, 7) is 5.38. The van der Waals surface area contributed by atoms with Crippen LogP contribution < -0.4 is 0 Å². The predicted molar refractivity (Wildman–Crippen MR) is 96.3 cm³/mol. The minimum absolute atomic E-state index is 0.282. The number of hydrogen-bond acceptors (Lipinski definition) is 3. The quantitative estimate of drug-likeness (QED) is 0.852. The van der Waals surface area contributed by atoms with Gasteiger partial charge in [0, 0.05) is 30.6 Å². The van der Waals surface area contributed by atoms with Crippen molar-refractivity contribution >= 4 is 17.6 Å². The van der Waals surface area contributed by atoms with Crippen LogP contribution in [0.3, 0.4) is 0 Å². The molecule has 2 aliphatic heterocycles. The van der Waals surface area contributed by atoms with Crippen molar-refractivity contribution in [1.29, 1.82) is 0 Å². The van der Waals surface area contributed by atoms with E-state index in [9.17, 15) is 4.79 Å². The molecule has 24 heavy (non-hydrogen) atoms. The van der Waals surface area contributed by atoms with Crippen LogP contribution in [0.1, 0.15) is 37.7 Å².